The molecule has 1 heterocycles. The zero-order valence-corrected chi connectivity index (χ0v) is 7.13. The van der Waals surface area contributed by atoms with Gasteiger partial charge in [0.2, 0.25) is 0 Å². The number of ether oxygens (including phenoxy) is 1. The number of ketones is 1. The van der Waals surface area contributed by atoms with Gasteiger partial charge in [0.15, 0.2) is 5.78 Å². The number of hydrogen-bond acceptors (Lipinski definition) is 4. The summed E-state index contributed by atoms with van der Waals surface area (Å²) in [6.07, 6.45) is 1.82. The van der Waals surface area contributed by atoms with Crippen molar-refractivity contribution in [3.8, 4) is 0 Å². The van der Waals surface area contributed by atoms with E-state index in [0.717, 1.165) is 19.4 Å². The smallest absolute Gasteiger partial charge is 0.323 e. The summed E-state index contributed by atoms with van der Waals surface area (Å²) in [5.41, 5.74) is 0. The maximum atomic E-state index is 11.1. The zero-order valence-electron chi connectivity index (χ0n) is 7.13. The van der Waals surface area contributed by atoms with Crippen molar-refractivity contribution >= 4 is 11.8 Å². The first kappa shape index (κ1) is 9.19. The van der Waals surface area contributed by atoms with Crippen molar-refractivity contribution in [1.29, 1.82) is 0 Å². The maximum Gasteiger partial charge on any atom is 0.323 e. The number of esters is 1. The molecule has 0 aromatic carbocycles. The van der Waals surface area contributed by atoms with E-state index in [4.69, 9.17) is 4.74 Å². The molecular weight excluding hydrogens is 158 g/mol. The molecule has 1 fully saturated rings. The third-order valence-electron chi connectivity index (χ3n) is 1.76. The number of nitrogens with one attached hydrogen (secondary N) is 1. The average Bonchev–Trinajstić information content (AvgIpc) is 2.51. The SMILES string of the molecule is CC(=O)COC(=O)[C@@H]1CCCN1. The van der Waals surface area contributed by atoms with Crippen LogP contribution in [0.15, 0.2) is 0 Å². The van der Waals surface area contributed by atoms with Gasteiger partial charge in [-0.3, -0.25) is 9.59 Å². The van der Waals surface area contributed by atoms with Gasteiger partial charge in [0.05, 0.1) is 0 Å². The van der Waals surface area contributed by atoms with Gasteiger partial charge in [0.25, 0.3) is 0 Å². The van der Waals surface area contributed by atoms with E-state index in [9.17, 15) is 9.59 Å². The molecule has 4 heteroatoms. The third-order valence-corrected chi connectivity index (χ3v) is 1.76. The molecule has 0 spiro atoms. The maximum absolute atomic E-state index is 11.1. The minimum Gasteiger partial charge on any atom is -0.457 e. The minimum absolute atomic E-state index is 0.100. The van der Waals surface area contributed by atoms with Gasteiger partial charge in [-0.2, -0.15) is 0 Å². The quantitative estimate of drug-likeness (QED) is 0.601. The van der Waals surface area contributed by atoms with E-state index in [0.29, 0.717) is 0 Å². The van der Waals surface area contributed by atoms with Gasteiger partial charge in [0.1, 0.15) is 12.6 Å². The molecule has 1 aliphatic rings. The van der Waals surface area contributed by atoms with E-state index < -0.39 is 0 Å². The van der Waals surface area contributed by atoms with Gasteiger partial charge < -0.3 is 10.1 Å². The van der Waals surface area contributed by atoms with E-state index in [2.05, 4.69) is 5.32 Å². The molecule has 1 aliphatic heterocycles. The van der Waals surface area contributed by atoms with Crippen LogP contribution in [0.4, 0.5) is 0 Å². The topological polar surface area (TPSA) is 55.4 Å². The highest BCUT2D eigenvalue weighted by molar-refractivity contribution is 5.82. The highest BCUT2D eigenvalue weighted by Crippen LogP contribution is 2.06. The molecule has 0 saturated carbocycles. The van der Waals surface area contributed by atoms with Crippen molar-refractivity contribution in [2.24, 2.45) is 0 Å². The van der Waals surface area contributed by atoms with Crippen molar-refractivity contribution in [1.82, 2.24) is 5.32 Å². The van der Waals surface area contributed by atoms with Crippen LogP contribution in [0.5, 0.6) is 0 Å². The fraction of sp³-hybridized carbons (Fsp3) is 0.750. The Hall–Kier alpha value is -0.900. The van der Waals surface area contributed by atoms with Gasteiger partial charge in [-0.05, 0) is 26.3 Å². The largest absolute Gasteiger partial charge is 0.457 e. The van der Waals surface area contributed by atoms with Crippen LogP contribution in [-0.2, 0) is 14.3 Å². The van der Waals surface area contributed by atoms with E-state index in [-0.39, 0.29) is 24.4 Å². The van der Waals surface area contributed by atoms with Crippen molar-refractivity contribution < 1.29 is 14.3 Å². The second kappa shape index (κ2) is 4.21. The summed E-state index contributed by atoms with van der Waals surface area (Å²) in [6.45, 7) is 2.16. The van der Waals surface area contributed by atoms with Crippen LogP contribution in [0.2, 0.25) is 0 Å². The Bertz CT molecular complexity index is 185. The van der Waals surface area contributed by atoms with Crippen molar-refractivity contribution in [3.63, 3.8) is 0 Å². The Kier molecular flexibility index (Phi) is 3.22. The van der Waals surface area contributed by atoms with Crippen LogP contribution in [-0.4, -0.2) is 30.9 Å². The molecule has 0 aromatic rings. The number of rotatable bonds is 3. The first-order chi connectivity index (χ1) is 5.70. The van der Waals surface area contributed by atoms with E-state index in [1.807, 2.05) is 0 Å². The molecule has 0 unspecified atom stereocenters. The second-order valence-electron chi connectivity index (χ2n) is 2.96. The van der Waals surface area contributed by atoms with Crippen LogP contribution in [0, 0.1) is 0 Å². The first-order valence-electron chi connectivity index (χ1n) is 4.09. The molecule has 12 heavy (non-hydrogen) atoms. The molecule has 0 aromatic heterocycles. The standard InChI is InChI=1S/C8H13NO3/c1-6(10)5-12-8(11)7-3-2-4-9-7/h7,9H,2-5H2,1H3/t7-/m0/s1. The van der Waals surface area contributed by atoms with Crippen LogP contribution in [0.3, 0.4) is 0 Å². The third kappa shape index (κ3) is 2.62. The molecule has 4 nitrogen and oxygen atoms in total. The minimum atomic E-state index is -0.303. The Labute approximate surface area is 71.3 Å². The summed E-state index contributed by atoms with van der Waals surface area (Å²) < 4.78 is 4.74. The normalized spacial score (nSPS) is 22.2. The summed E-state index contributed by atoms with van der Waals surface area (Å²) in [5, 5.41) is 2.99. The second-order valence-corrected chi connectivity index (χ2v) is 2.96. The number of hydrogen-bond donors (Lipinski definition) is 1. The molecule has 0 radical (unpaired) electrons. The fourth-order valence-corrected chi connectivity index (χ4v) is 1.16. The molecular formula is C8H13NO3. The van der Waals surface area contributed by atoms with Crippen molar-refractivity contribution in [2.75, 3.05) is 13.2 Å². The molecule has 0 amide bonds. The predicted molar refractivity (Wildman–Crippen MR) is 42.7 cm³/mol. The lowest BCUT2D eigenvalue weighted by Gasteiger charge is -2.08. The highest BCUT2D eigenvalue weighted by atomic mass is 16.5. The number of carbonyl (C=O) groups excluding carboxylic acids is 2. The molecule has 0 aliphatic carbocycles. The van der Waals surface area contributed by atoms with Crippen molar-refractivity contribution in [3.05, 3.63) is 0 Å². The summed E-state index contributed by atoms with van der Waals surface area (Å²) in [4.78, 5) is 21.6. The lowest BCUT2D eigenvalue weighted by atomic mass is 10.2. The van der Waals surface area contributed by atoms with Gasteiger partial charge in [-0.25, -0.2) is 0 Å². The highest BCUT2D eigenvalue weighted by Gasteiger charge is 2.23. The van der Waals surface area contributed by atoms with E-state index in [1.165, 1.54) is 6.92 Å². The van der Waals surface area contributed by atoms with Gasteiger partial charge in [0, 0.05) is 0 Å². The van der Waals surface area contributed by atoms with Crippen LogP contribution in [0.25, 0.3) is 0 Å². The van der Waals surface area contributed by atoms with E-state index in [1.54, 1.807) is 0 Å². The first-order valence-corrected chi connectivity index (χ1v) is 4.09. The number of Topliss-reactive ketones (excluding diaryl/α,β-unsaturated/α-hetero) is 1. The summed E-state index contributed by atoms with van der Waals surface area (Å²) in [6, 6.07) is -0.190. The summed E-state index contributed by atoms with van der Waals surface area (Å²) >= 11 is 0. The van der Waals surface area contributed by atoms with E-state index >= 15 is 0 Å². The Morgan fingerprint density at radius 3 is 2.83 bits per heavy atom. The van der Waals surface area contributed by atoms with Crippen LogP contribution < -0.4 is 5.32 Å². The average molecular weight is 171 g/mol. The molecule has 68 valence electrons. The van der Waals surface area contributed by atoms with Gasteiger partial charge in [-0.15, -0.1) is 0 Å². The van der Waals surface area contributed by atoms with Crippen molar-refractivity contribution in [2.45, 2.75) is 25.8 Å². The lowest BCUT2D eigenvalue weighted by molar-refractivity contribution is -0.149. The zero-order chi connectivity index (χ0) is 8.97. The summed E-state index contributed by atoms with van der Waals surface area (Å²) in [5.74, 6) is -0.427. The Morgan fingerprint density at radius 1 is 1.58 bits per heavy atom. The predicted octanol–water partition coefficient (Wildman–Crippen LogP) is -0.129. The fourth-order valence-electron chi connectivity index (χ4n) is 1.16. The lowest BCUT2D eigenvalue weighted by Crippen LogP contribution is -2.33. The monoisotopic (exact) mass is 171 g/mol. The molecule has 1 atom stereocenters. The van der Waals surface area contributed by atoms with Gasteiger partial charge >= 0.3 is 5.97 Å². The molecule has 1 N–H and O–H groups in total. The molecule has 1 saturated heterocycles. The van der Waals surface area contributed by atoms with Crippen LogP contribution >= 0.6 is 0 Å². The Morgan fingerprint density at radius 2 is 2.33 bits per heavy atom. The number of carbonyl (C=O) groups is 2. The molecule has 0 bridgehead atoms. The molecule has 1 rings (SSSR count). The van der Waals surface area contributed by atoms with Gasteiger partial charge in [-0.1, -0.05) is 0 Å². The van der Waals surface area contributed by atoms with Crippen LogP contribution in [0.1, 0.15) is 19.8 Å². The Balaban J connectivity index is 2.23. The summed E-state index contributed by atoms with van der Waals surface area (Å²) in [7, 11) is 0.